The number of halogens is 1. The molecule has 0 bridgehead atoms. The van der Waals surface area contributed by atoms with Crippen molar-refractivity contribution in [1.29, 1.82) is 0 Å². The van der Waals surface area contributed by atoms with Gasteiger partial charge in [-0.15, -0.1) is 0 Å². The van der Waals surface area contributed by atoms with Gasteiger partial charge in [-0.3, -0.25) is 4.90 Å². The van der Waals surface area contributed by atoms with Crippen molar-refractivity contribution in [2.24, 2.45) is 0 Å². The summed E-state index contributed by atoms with van der Waals surface area (Å²) in [5.41, 5.74) is 1.32. The average molecular weight is 281 g/mol. The molecule has 1 aromatic rings. The van der Waals surface area contributed by atoms with Crippen LogP contribution in [0, 0.1) is 0 Å². The van der Waals surface area contributed by atoms with Gasteiger partial charge in [0.15, 0.2) is 0 Å². The molecule has 1 N–H and O–H groups in total. The van der Waals surface area contributed by atoms with Gasteiger partial charge >= 0.3 is 0 Å². The summed E-state index contributed by atoms with van der Waals surface area (Å²) in [7, 11) is 0. The summed E-state index contributed by atoms with van der Waals surface area (Å²) in [6, 6.07) is 9.35. The maximum absolute atomic E-state index is 6.11. The van der Waals surface area contributed by atoms with E-state index in [4.69, 9.17) is 11.6 Å². The zero-order valence-corrected chi connectivity index (χ0v) is 12.8. The molecule has 19 heavy (non-hydrogen) atoms. The highest BCUT2D eigenvalue weighted by molar-refractivity contribution is 6.30. The zero-order chi connectivity index (χ0) is 13.7. The highest BCUT2D eigenvalue weighted by atomic mass is 35.5. The summed E-state index contributed by atoms with van der Waals surface area (Å²) in [4.78, 5) is 2.59. The van der Waals surface area contributed by atoms with Gasteiger partial charge in [0.05, 0.1) is 0 Å². The molecule has 2 rings (SSSR count). The van der Waals surface area contributed by atoms with Gasteiger partial charge < -0.3 is 5.32 Å². The molecule has 0 aromatic heterocycles. The summed E-state index contributed by atoms with van der Waals surface area (Å²) in [6.45, 7) is 8.00. The van der Waals surface area contributed by atoms with Gasteiger partial charge in [-0.05, 0) is 44.0 Å². The van der Waals surface area contributed by atoms with Gasteiger partial charge in [-0.25, -0.2) is 0 Å². The van der Waals surface area contributed by atoms with Crippen LogP contribution in [0.2, 0.25) is 5.02 Å². The molecule has 0 aliphatic carbocycles. The van der Waals surface area contributed by atoms with Crippen LogP contribution in [0.25, 0.3) is 0 Å². The van der Waals surface area contributed by atoms with Crippen molar-refractivity contribution in [2.45, 2.75) is 45.2 Å². The number of benzene rings is 1. The van der Waals surface area contributed by atoms with Crippen LogP contribution in [-0.2, 0) is 0 Å². The molecule has 2 nitrogen and oxygen atoms in total. The van der Waals surface area contributed by atoms with Gasteiger partial charge in [0.1, 0.15) is 0 Å². The van der Waals surface area contributed by atoms with Gasteiger partial charge in [0.25, 0.3) is 0 Å². The molecular weight excluding hydrogens is 256 g/mol. The van der Waals surface area contributed by atoms with Crippen LogP contribution >= 0.6 is 11.6 Å². The van der Waals surface area contributed by atoms with Crippen LogP contribution in [-0.4, -0.2) is 30.6 Å². The van der Waals surface area contributed by atoms with E-state index in [-0.39, 0.29) is 0 Å². The second-order valence-corrected chi connectivity index (χ2v) is 5.96. The van der Waals surface area contributed by atoms with Crippen LogP contribution < -0.4 is 5.32 Å². The second-order valence-electron chi connectivity index (χ2n) is 5.52. The normalized spacial score (nSPS) is 23.0. The third-order valence-corrected chi connectivity index (χ3v) is 4.26. The predicted octanol–water partition coefficient (Wildman–Crippen LogP) is 3.87. The standard InChI is InChI=1S/C16H25ClN2/c1-3-6-16-12-19(10-5-9-18-16)13(2)14-7-4-8-15(17)11-14/h4,7-8,11,13,16,18H,3,5-6,9-10,12H2,1-2H3. The highest BCUT2D eigenvalue weighted by Crippen LogP contribution is 2.24. The Morgan fingerprint density at radius 2 is 2.32 bits per heavy atom. The molecule has 2 atom stereocenters. The van der Waals surface area contributed by atoms with E-state index >= 15 is 0 Å². The number of nitrogens with zero attached hydrogens (tertiary/aromatic N) is 1. The molecule has 1 saturated heterocycles. The Balaban J connectivity index is 2.06. The molecule has 0 saturated carbocycles. The minimum atomic E-state index is 0.443. The van der Waals surface area contributed by atoms with Crippen molar-refractivity contribution in [3.8, 4) is 0 Å². The van der Waals surface area contributed by atoms with Crippen molar-refractivity contribution in [3.05, 3.63) is 34.9 Å². The lowest BCUT2D eigenvalue weighted by atomic mass is 10.1. The molecule has 0 spiro atoms. The fourth-order valence-corrected chi connectivity index (χ4v) is 3.10. The third-order valence-electron chi connectivity index (χ3n) is 4.03. The number of hydrogen-bond acceptors (Lipinski definition) is 2. The zero-order valence-electron chi connectivity index (χ0n) is 12.0. The maximum Gasteiger partial charge on any atom is 0.0409 e. The van der Waals surface area contributed by atoms with Crippen molar-refractivity contribution >= 4 is 11.6 Å². The Kier molecular flexibility index (Phi) is 5.68. The first-order valence-electron chi connectivity index (χ1n) is 7.43. The highest BCUT2D eigenvalue weighted by Gasteiger charge is 2.22. The van der Waals surface area contributed by atoms with Crippen LogP contribution in [0.15, 0.2) is 24.3 Å². The second kappa shape index (κ2) is 7.28. The van der Waals surface area contributed by atoms with Crippen molar-refractivity contribution < 1.29 is 0 Å². The smallest absolute Gasteiger partial charge is 0.0409 e. The van der Waals surface area contributed by atoms with Crippen molar-refractivity contribution in [3.63, 3.8) is 0 Å². The van der Waals surface area contributed by atoms with E-state index in [1.165, 1.54) is 31.4 Å². The SMILES string of the molecule is CCCC1CN(C(C)c2cccc(Cl)c2)CCCN1. The van der Waals surface area contributed by atoms with Gasteiger partial charge in [0, 0.05) is 30.2 Å². The molecule has 1 aliphatic rings. The summed E-state index contributed by atoms with van der Waals surface area (Å²) in [5, 5.41) is 4.50. The van der Waals surface area contributed by atoms with E-state index in [0.717, 1.165) is 18.1 Å². The number of nitrogens with one attached hydrogen (secondary N) is 1. The largest absolute Gasteiger partial charge is 0.313 e. The fourth-order valence-electron chi connectivity index (χ4n) is 2.90. The third kappa shape index (κ3) is 4.20. The summed E-state index contributed by atoms with van der Waals surface area (Å²) >= 11 is 6.11. The topological polar surface area (TPSA) is 15.3 Å². The summed E-state index contributed by atoms with van der Waals surface area (Å²) < 4.78 is 0. The molecule has 0 radical (unpaired) electrons. The Hall–Kier alpha value is -0.570. The predicted molar refractivity (Wildman–Crippen MR) is 82.8 cm³/mol. The number of rotatable bonds is 4. The Morgan fingerprint density at radius 3 is 3.05 bits per heavy atom. The molecule has 0 amide bonds. The van der Waals surface area contributed by atoms with Crippen molar-refractivity contribution in [2.75, 3.05) is 19.6 Å². The Bertz CT molecular complexity index is 394. The van der Waals surface area contributed by atoms with E-state index < -0.39 is 0 Å². The van der Waals surface area contributed by atoms with Crippen LogP contribution in [0.3, 0.4) is 0 Å². The molecule has 1 heterocycles. The summed E-state index contributed by atoms with van der Waals surface area (Å²) in [6.07, 6.45) is 3.74. The van der Waals surface area contributed by atoms with E-state index in [1.807, 2.05) is 12.1 Å². The first-order chi connectivity index (χ1) is 9.20. The molecule has 1 aromatic carbocycles. The lowest BCUT2D eigenvalue weighted by Gasteiger charge is -2.30. The Morgan fingerprint density at radius 1 is 1.47 bits per heavy atom. The minimum absolute atomic E-state index is 0.443. The van der Waals surface area contributed by atoms with Gasteiger partial charge in [-0.2, -0.15) is 0 Å². The lowest BCUT2D eigenvalue weighted by Crippen LogP contribution is -2.38. The van der Waals surface area contributed by atoms with Crippen LogP contribution in [0.4, 0.5) is 0 Å². The molecule has 2 unspecified atom stereocenters. The van der Waals surface area contributed by atoms with E-state index in [9.17, 15) is 0 Å². The monoisotopic (exact) mass is 280 g/mol. The van der Waals surface area contributed by atoms with Crippen molar-refractivity contribution in [1.82, 2.24) is 10.2 Å². The van der Waals surface area contributed by atoms with E-state index in [2.05, 4.69) is 36.2 Å². The maximum atomic E-state index is 6.11. The molecule has 1 fully saturated rings. The molecular formula is C16H25ClN2. The van der Waals surface area contributed by atoms with E-state index in [1.54, 1.807) is 0 Å². The van der Waals surface area contributed by atoms with E-state index in [0.29, 0.717) is 12.1 Å². The average Bonchev–Trinajstić information content (AvgIpc) is 2.64. The Labute approximate surface area is 122 Å². The lowest BCUT2D eigenvalue weighted by molar-refractivity contribution is 0.203. The first-order valence-corrected chi connectivity index (χ1v) is 7.81. The first kappa shape index (κ1) is 14.8. The molecule has 1 aliphatic heterocycles. The van der Waals surface area contributed by atoms with Crippen LogP contribution in [0.1, 0.15) is 44.7 Å². The number of hydrogen-bond donors (Lipinski definition) is 1. The van der Waals surface area contributed by atoms with Gasteiger partial charge in [0.2, 0.25) is 0 Å². The summed E-state index contributed by atoms with van der Waals surface area (Å²) in [5.74, 6) is 0. The minimum Gasteiger partial charge on any atom is -0.313 e. The quantitative estimate of drug-likeness (QED) is 0.901. The molecule has 3 heteroatoms. The fraction of sp³-hybridized carbons (Fsp3) is 0.625. The molecule has 106 valence electrons. The van der Waals surface area contributed by atoms with Crippen LogP contribution in [0.5, 0.6) is 0 Å². The van der Waals surface area contributed by atoms with Gasteiger partial charge in [-0.1, -0.05) is 37.1 Å².